The molecule has 0 bridgehead atoms. The number of ether oxygens (including phenoxy) is 1. The minimum Gasteiger partial charge on any atom is -0.459 e. The molecular formula is C16H19N5O3. The highest BCUT2D eigenvalue weighted by atomic mass is 16.5. The van der Waals surface area contributed by atoms with Crippen LogP contribution in [0.3, 0.4) is 0 Å². The van der Waals surface area contributed by atoms with Crippen LogP contribution in [-0.4, -0.2) is 50.7 Å². The second-order valence-corrected chi connectivity index (χ2v) is 5.89. The van der Waals surface area contributed by atoms with E-state index >= 15 is 0 Å². The van der Waals surface area contributed by atoms with Crippen LogP contribution in [-0.2, 0) is 17.8 Å². The number of hydrogen-bond donors (Lipinski definition) is 0. The van der Waals surface area contributed by atoms with Crippen molar-refractivity contribution in [3.05, 3.63) is 42.2 Å². The van der Waals surface area contributed by atoms with E-state index in [0.29, 0.717) is 30.7 Å². The highest BCUT2D eigenvalue weighted by Gasteiger charge is 2.23. The summed E-state index contributed by atoms with van der Waals surface area (Å²) in [6.45, 7) is 5.62. The van der Waals surface area contributed by atoms with Crippen molar-refractivity contribution in [3.8, 4) is 11.7 Å². The van der Waals surface area contributed by atoms with Gasteiger partial charge in [-0.15, -0.1) is 10.2 Å². The maximum atomic E-state index is 5.81. The van der Waals surface area contributed by atoms with Gasteiger partial charge in [0.1, 0.15) is 0 Å². The molecule has 0 radical (unpaired) electrons. The molecule has 1 saturated heterocycles. The standard InChI is InChI=1S/C16H19N5O3/c1-12-3-7-23-15(12)16-19-18-14(24-16)11-20-6-8-22-13(9-20)10-21-5-2-4-17-21/h2-5,7,13H,6,8-11H2,1H3. The summed E-state index contributed by atoms with van der Waals surface area (Å²) in [6.07, 6.45) is 5.44. The van der Waals surface area contributed by atoms with Gasteiger partial charge >= 0.3 is 0 Å². The zero-order valence-corrected chi connectivity index (χ0v) is 13.5. The van der Waals surface area contributed by atoms with E-state index in [1.165, 1.54) is 0 Å². The van der Waals surface area contributed by atoms with Crippen molar-refractivity contribution in [1.29, 1.82) is 0 Å². The molecular weight excluding hydrogens is 310 g/mol. The van der Waals surface area contributed by atoms with Crippen LogP contribution in [0.25, 0.3) is 11.7 Å². The fourth-order valence-corrected chi connectivity index (χ4v) is 2.84. The van der Waals surface area contributed by atoms with E-state index in [1.807, 2.05) is 29.9 Å². The number of nitrogens with zero attached hydrogens (tertiary/aromatic N) is 5. The molecule has 24 heavy (non-hydrogen) atoms. The van der Waals surface area contributed by atoms with E-state index in [4.69, 9.17) is 13.6 Å². The summed E-state index contributed by atoms with van der Waals surface area (Å²) < 4.78 is 18.8. The van der Waals surface area contributed by atoms with Crippen LogP contribution in [0, 0.1) is 6.92 Å². The normalized spacial score (nSPS) is 19.0. The van der Waals surface area contributed by atoms with Gasteiger partial charge in [-0.2, -0.15) is 5.10 Å². The Morgan fingerprint density at radius 2 is 2.29 bits per heavy atom. The predicted molar refractivity (Wildman–Crippen MR) is 84.0 cm³/mol. The van der Waals surface area contributed by atoms with Crippen molar-refractivity contribution in [2.75, 3.05) is 19.7 Å². The molecule has 0 spiro atoms. The van der Waals surface area contributed by atoms with Crippen LogP contribution >= 0.6 is 0 Å². The highest BCUT2D eigenvalue weighted by molar-refractivity contribution is 5.49. The minimum absolute atomic E-state index is 0.105. The Morgan fingerprint density at radius 3 is 3.08 bits per heavy atom. The lowest BCUT2D eigenvalue weighted by molar-refractivity contribution is -0.0422. The Morgan fingerprint density at radius 1 is 1.33 bits per heavy atom. The Hall–Kier alpha value is -2.45. The fourth-order valence-electron chi connectivity index (χ4n) is 2.84. The summed E-state index contributed by atoms with van der Waals surface area (Å²) in [5.74, 6) is 1.64. The van der Waals surface area contributed by atoms with Crippen LogP contribution in [0.5, 0.6) is 0 Å². The van der Waals surface area contributed by atoms with Gasteiger partial charge in [0.25, 0.3) is 5.89 Å². The molecule has 8 nitrogen and oxygen atoms in total. The maximum absolute atomic E-state index is 5.81. The van der Waals surface area contributed by atoms with Crippen molar-refractivity contribution in [3.63, 3.8) is 0 Å². The first-order chi connectivity index (χ1) is 11.8. The first kappa shape index (κ1) is 15.1. The van der Waals surface area contributed by atoms with E-state index in [-0.39, 0.29) is 6.10 Å². The zero-order chi connectivity index (χ0) is 16.4. The van der Waals surface area contributed by atoms with Gasteiger partial charge in [-0.05, 0) is 19.1 Å². The number of furan rings is 1. The monoisotopic (exact) mass is 329 g/mol. The third-order valence-electron chi connectivity index (χ3n) is 4.05. The van der Waals surface area contributed by atoms with Crippen molar-refractivity contribution in [1.82, 2.24) is 24.9 Å². The average molecular weight is 329 g/mol. The highest BCUT2D eigenvalue weighted by Crippen LogP contribution is 2.23. The zero-order valence-electron chi connectivity index (χ0n) is 13.5. The summed E-state index contributed by atoms with van der Waals surface area (Å²) >= 11 is 0. The fraction of sp³-hybridized carbons (Fsp3) is 0.438. The molecule has 1 unspecified atom stereocenters. The third kappa shape index (κ3) is 3.24. The van der Waals surface area contributed by atoms with Gasteiger partial charge in [0.2, 0.25) is 5.89 Å². The molecule has 0 aromatic carbocycles. The molecule has 126 valence electrons. The molecule has 0 aliphatic carbocycles. The molecule has 1 atom stereocenters. The largest absolute Gasteiger partial charge is 0.459 e. The molecule has 0 N–H and O–H groups in total. The van der Waals surface area contributed by atoms with Crippen molar-refractivity contribution < 1.29 is 13.6 Å². The van der Waals surface area contributed by atoms with Crippen LogP contribution in [0.1, 0.15) is 11.5 Å². The summed E-state index contributed by atoms with van der Waals surface area (Å²) in [7, 11) is 0. The van der Waals surface area contributed by atoms with Crippen LogP contribution < -0.4 is 0 Å². The molecule has 8 heteroatoms. The first-order valence-corrected chi connectivity index (χ1v) is 7.96. The predicted octanol–water partition coefficient (Wildman–Crippen LogP) is 1.74. The number of aryl methyl sites for hydroxylation is 1. The van der Waals surface area contributed by atoms with Gasteiger partial charge in [-0.1, -0.05) is 0 Å². The van der Waals surface area contributed by atoms with Crippen LogP contribution in [0.4, 0.5) is 0 Å². The van der Waals surface area contributed by atoms with Gasteiger partial charge in [0, 0.05) is 31.0 Å². The van der Waals surface area contributed by atoms with Crippen molar-refractivity contribution in [2.45, 2.75) is 26.1 Å². The van der Waals surface area contributed by atoms with Gasteiger partial charge in [-0.25, -0.2) is 0 Å². The lowest BCUT2D eigenvalue weighted by atomic mass is 10.2. The van der Waals surface area contributed by atoms with Gasteiger partial charge in [0.05, 0.1) is 32.1 Å². The SMILES string of the molecule is Cc1ccoc1-c1nnc(CN2CCOC(Cn3cccn3)C2)o1. The van der Waals surface area contributed by atoms with Crippen LogP contribution in [0.2, 0.25) is 0 Å². The molecule has 0 amide bonds. The molecule has 0 saturated carbocycles. The smallest absolute Gasteiger partial charge is 0.283 e. The van der Waals surface area contributed by atoms with E-state index in [1.54, 1.807) is 12.5 Å². The molecule has 4 heterocycles. The molecule has 3 aromatic heterocycles. The third-order valence-corrected chi connectivity index (χ3v) is 4.05. The second kappa shape index (κ2) is 6.58. The molecule has 3 aromatic rings. The topological polar surface area (TPSA) is 82.4 Å². The van der Waals surface area contributed by atoms with E-state index in [0.717, 1.165) is 25.2 Å². The van der Waals surface area contributed by atoms with E-state index in [9.17, 15) is 0 Å². The van der Waals surface area contributed by atoms with Crippen molar-refractivity contribution in [2.24, 2.45) is 0 Å². The number of rotatable bonds is 5. The summed E-state index contributed by atoms with van der Waals surface area (Å²) in [5, 5.41) is 12.4. The number of hydrogen-bond acceptors (Lipinski definition) is 7. The summed E-state index contributed by atoms with van der Waals surface area (Å²) in [6, 6.07) is 3.79. The molecule has 1 aliphatic rings. The lowest BCUT2D eigenvalue weighted by Gasteiger charge is -2.31. The minimum atomic E-state index is 0.105. The van der Waals surface area contributed by atoms with Gasteiger partial charge < -0.3 is 13.6 Å². The Labute approximate surface area is 139 Å². The number of morpholine rings is 1. The Bertz CT molecular complexity index is 779. The summed E-state index contributed by atoms with van der Waals surface area (Å²) in [4.78, 5) is 2.25. The Balaban J connectivity index is 1.38. The molecule has 1 fully saturated rings. The average Bonchev–Trinajstić information content (AvgIpc) is 3.30. The summed E-state index contributed by atoms with van der Waals surface area (Å²) in [5.41, 5.74) is 0.982. The van der Waals surface area contributed by atoms with E-state index in [2.05, 4.69) is 20.2 Å². The maximum Gasteiger partial charge on any atom is 0.283 e. The van der Waals surface area contributed by atoms with Gasteiger partial charge in [-0.3, -0.25) is 9.58 Å². The molecule has 1 aliphatic heterocycles. The number of aromatic nitrogens is 4. The quantitative estimate of drug-likeness (QED) is 0.705. The Kier molecular flexibility index (Phi) is 4.14. The van der Waals surface area contributed by atoms with Gasteiger partial charge in [0.15, 0.2) is 5.76 Å². The lowest BCUT2D eigenvalue weighted by Crippen LogP contribution is -2.43. The van der Waals surface area contributed by atoms with Crippen LogP contribution in [0.15, 0.2) is 39.6 Å². The first-order valence-electron chi connectivity index (χ1n) is 7.96. The second-order valence-electron chi connectivity index (χ2n) is 5.89. The van der Waals surface area contributed by atoms with Crippen molar-refractivity contribution >= 4 is 0 Å². The molecule has 4 rings (SSSR count). The van der Waals surface area contributed by atoms with E-state index < -0.39 is 0 Å².